The Morgan fingerprint density at radius 3 is 2.44 bits per heavy atom. The van der Waals surface area contributed by atoms with E-state index >= 15 is 0 Å². The van der Waals surface area contributed by atoms with Crippen molar-refractivity contribution in [2.45, 2.75) is 71.3 Å². The second-order valence-electron chi connectivity index (χ2n) is 10.8. The van der Waals surface area contributed by atoms with E-state index in [2.05, 4.69) is 10.2 Å². The molecule has 0 saturated carbocycles. The fourth-order valence-corrected chi connectivity index (χ4v) is 5.64. The Kier molecular flexibility index (Phi) is 9.15. The Hall–Kier alpha value is -3.13. The van der Waals surface area contributed by atoms with Gasteiger partial charge in [0.2, 0.25) is 5.91 Å². The van der Waals surface area contributed by atoms with Gasteiger partial charge in [-0.05, 0) is 100.0 Å². The first kappa shape index (κ1) is 28.9. The predicted octanol–water partition coefficient (Wildman–Crippen LogP) is 6.09. The number of likely N-dealkylation sites (tertiary alicyclic amines) is 1. The van der Waals surface area contributed by atoms with Crippen molar-refractivity contribution in [2.24, 2.45) is 10.9 Å². The van der Waals surface area contributed by atoms with Gasteiger partial charge in [-0.1, -0.05) is 39.0 Å². The third-order valence-corrected chi connectivity index (χ3v) is 8.40. The summed E-state index contributed by atoms with van der Waals surface area (Å²) in [7, 11) is 0. The Morgan fingerprint density at radius 2 is 1.79 bits per heavy atom. The largest absolute Gasteiger partial charge is 0.323 e. The molecule has 2 aliphatic rings. The fraction of sp³-hybridized carbons (Fsp3) is 0.516. The van der Waals surface area contributed by atoms with E-state index < -0.39 is 11.4 Å². The summed E-state index contributed by atoms with van der Waals surface area (Å²) in [6, 6.07) is 11.2. The second kappa shape index (κ2) is 12.4. The predicted molar refractivity (Wildman–Crippen MR) is 151 cm³/mol. The van der Waals surface area contributed by atoms with Gasteiger partial charge in [0.25, 0.3) is 5.91 Å². The molecule has 2 amide bonds. The van der Waals surface area contributed by atoms with Gasteiger partial charge in [-0.15, -0.1) is 0 Å². The highest BCUT2D eigenvalue weighted by atomic mass is 19.1. The molecule has 8 heteroatoms. The first-order valence-corrected chi connectivity index (χ1v) is 14.2. The maximum Gasteiger partial charge on any atom is 0.260 e. The number of carbonyl (C=O) groups excluding carboxylic acids is 2. The number of benzene rings is 2. The maximum atomic E-state index is 14.4. The lowest BCUT2D eigenvalue weighted by molar-refractivity contribution is -0.131. The summed E-state index contributed by atoms with van der Waals surface area (Å²) >= 11 is 0. The van der Waals surface area contributed by atoms with Crippen LogP contribution < -0.4 is 5.32 Å². The van der Waals surface area contributed by atoms with Crippen LogP contribution in [0.1, 0.15) is 76.8 Å². The van der Waals surface area contributed by atoms with Gasteiger partial charge in [0.1, 0.15) is 17.5 Å². The number of hydrogen-bond donors (Lipinski definition) is 1. The van der Waals surface area contributed by atoms with E-state index in [-0.39, 0.29) is 29.2 Å². The zero-order valence-corrected chi connectivity index (χ0v) is 23.5. The summed E-state index contributed by atoms with van der Waals surface area (Å²) in [6.45, 7) is 10.9. The van der Waals surface area contributed by atoms with Crippen LogP contribution in [-0.2, 0) is 15.1 Å². The van der Waals surface area contributed by atoms with Crippen molar-refractivity contribution in [1.29, 1.82) is 0 Å². The molecule has 0 aromatic heterocycles. The van der Waals surface area contributed by atoms with Crippen LogP contribution >= 0.6 is 0 Å². The number of anilines is 1. The van der Waals surface area contributed by atoms with E-state index in [4.69, 9.17) is 4.99 Å². The van der Waals surface area contributed by atoms with Crippen molar-refractivity contribution < 1.29 is 18.4 Å². The molecule has 2 heterocycles. The standard InChI is InChI=1S/C31H40F2N4O2/c1-5-21(3)29(38)34-28-20-24(8-13-27(28)33)23-14-18-36(19-15-23)16-7-17-37-22(4)35-31(6-2,30(37)39)25-9-11-26(32)12-10-25/h8-13,20-21,23H,5-7,14-19H2,1-4H3,(H,34,38). The van der Waals surface area contributed by atoms with Crippen molar-refractivity contribution in [2.75, 3.05) is 31.5 Å². The van der Waals surface area contributed by atoms with Crippen LogP contribution in [-0.4, -0.2) is 53.6 Å². The Morgan fingerprint density at radius 1 is 1.10 bits per heavy atom. The molecule has 2 unspecified atom stereocenters. The number of piperidine rings is 1. The molecule has 1 fully saturated rings. The van der Waals surface area contributed by atoms with Crippen LogP contribution in [0.15, 0.2) is 47.5 Å². The van der Waals surface area contributed by atoms with E-state index in [9.17, 15) is 18.4 Å². The van der Waals surface area contributed by atoms with E-state index in [1.165, 1.54) is 18.2 Å². The first-order chi connectivity index (χ1) is 18.7. The number of nitrogens with one attached hydrogen (secondary N) is 1. The van der Waals surface area contributed by atoms with E-state index in [1.807, 2.05) is 33.8 Å². The Balaban J connectivity index is 1.29. The molecule has 1 N–H and O–H groups in total. The van der Waals surface area contributed by atoms with E-state index in [1.54, 1.807) is 23.1 Å². The zero-order chi connectivity index (χ0) is 28.2. The number of rotatable bonds is 10. The number of amides is 2. The van der Waals surface area contributed by atoms with Crippen LogP contribution in [0, 0.1) is 17.6 Å². The number of amidine groups is 1. The molecular weight excluding hydrogens is 498 g/mol. The van der Waals surface area contributed by atoms with E-state index in [0.717, 1.165) is 50.0 Å². The lowest BCUT2D eigenvalue weighted by Crippen LogP contribution is -2.42. The van der Waals surface area contributed by atoms with Crippen molar-refractivity contribution in [3.05, 3.63) is 65.2 Å². The summed E-state index contributed by atoms with van der Waals surface area (Å²) in [5, 5.41) is 2.75. The second-order valence-corrected chi connectivity index (χ2v) is 10.8. The summed E-state index contributed by atoms with van der Waals surface area (Å²) < 4.78 is 27.8. The lowest BCUT2D eigenvalue weighted by atomic mass is 9.87. The molecular formula is C31H40F2N4O2. The number of carbonyl (C=O) groups is 2. The molecule has 210 valence electrons. The highest BCUT2D eigenvalue weighted by molar-refractivity contribution is 6.07. The molecule has 6 nitrogen and oxygen atoms in total. The Bertz CT molecular complexity index is 1210. The van der Waals surface area contributed by atoms with Crippen LogP contribution in [0.4, 0.5) is 14.5 Å². The van der Waals surface area contributed by atoms with E-state index in [0.29, 0.717) is 31.1 Å². The Labute approximate surface area is 230 Å². The van der Waals surface area contributed by atoms with Crippen molar-refractivity contribution in [3.63, 3.8) is 0 Å². The zero-order valence-electron chi connectivity index (χ0n) is 23.5. The summed E-state index contributed by atoms with van der Waals surface area (Å²) in [4.78, 5) is 34.7. The average Bonchev–Trinajstić information content (AvgIpc) is 3.19. The van der Waals surface area contributed by atoms with Crippen molar-refractivity contribution >= 4 is 23.3 Å². The first-order valence-electron chi connectivity index (χ1n) is 14.2. The van der Waals surface area contributed by atoms with Crippen LogP contribution in [0.2, 0.25) is 0 Å². The molecule has 0 bridgehead atoms. The van der Waals surface area contributed by atoms with Crippen molar-refractivity contribution in [1.82, 2.24) is 9.80 Å². The molecule has 39 heavy (non-hydrogen) atoms. The summed E-state index contributed by atoms with van der Waals surface area (Å²) in [6.07, 6.45) is 3.96. The highest BCUT2D eigenvalue weighted by Crippen LogP contribution is 2.37. The molecule has 4 rings (SSSR count). The van der Waals surface area contributed by atoms with Crippen LogP contribution in [0.5, 0.6) is 0 Å². The summed E-state index contributed by atoms with van der Waals surface area (Å²) in [5.74, 6) is -0.0774. The maximum absolute atomic E-state index is 14.4. The quantitative estimate of drug-likeness (QED) is 0.399. The van der Waals surface area contributed by atoms with Crippen molar-refractivity contribution in [3.8, 4) is 0 Å². The SMILES string of the molecule is CCC(C)C(=O)Nc1cc(C2CCN(CCCN3C(=O)C(CC)(c4ccc(F)cc4)N=C3C)CC2)ccc1F. The van der Waals surface area contributed by atoms with Gasteiger partial charge >= 0.3 is 0 Å². The molecule has 2 atom stereocenters. The third kappa shape index (κ3) is 6.21. The average molecular weight is 539 g/mol. The molecule has 2 aromatic rings. The normalized spacial score (nSPS) is 21.2. The van der Waals surface area contributed by atoms with Gasteiger partial charge in [-0.3, -0.25) is 19.5 Å². The number of hydrogen-bond acceptors (Lipinski definition) is 4. The lowest BCUT2D eigenvalue weighted by Gasteiger charge is -2.33. The number of nitrogens with zero attached hydrogens (tertiary/aromatic N) is 3. The van der Waals surface area contributed by atoms with Gasteiger partial charge < -0.3 is 10.2 Å². The smallest absolute Gasteiger partial charge is 0.260 e. The molecule has 0 spiro atoms. The van der Waals surface area contributed by atoms with Gasteiger partial charge in [-0.2, -0.15) is 0 Å². The van der Waals surface area contributed by atoms with Crippen LogP contribution in [0.3, 0.4) is 0 Å². The van der Waals surface area contributed by atoms with Gasteiger partial charge in [0, 0.05) is 12.5 Å². The number of halogens is 2. The molecule has 0 radical (unpaired) electrons. The molecule has 1 saturated heterocycles. The molecule has 2 aliphatic heterocycles. The minimum atomic E-state index is -0.974. The summed E-state index contributed by atoms with van der Waals surface area (Å²) in [5.41, 5.74) is 1.07. The fourth-order valence-electron chi connectivity index (χ4n) is 5.64. The third-order valence-electron chi connectivity index (χ3n) is 8.40. The van der Waals surface area contributed by atoms with Gasteiger partial charge in [0.05, 0.1) is 5.69 Å². The highest BCUT2D eigenvalue weighted by Gasteiger charge is 2.46. The van der Waals surface area contributed by atoms with Crippen LogP contribution in [0.25, 0.3) is 0 Å². The topological polar surface area (TPSA) is 65.0 Å². The minimum Gasteiger partial charge on any atom is -0.323 e. The molecule has 2 aromatic carbocycles. The van der Waals surface area contributed by atoms with Gasteiger partial charge in [0.15, 0.2) is 5.54 Å². The van der Waals surface area contributed by atoms with Gasteiger partial charge in [-0.25, -0.2) is 8.78 Å². The number of aliphatic imine (C=N–C) groups is 1. The minimum absolute atomic E-state index is 0.0413. The molecule has 0 aliphatic carbocycles. The monoisotopic (exact) mass is 538 g/mol.